The predicted octanol–water partition coefficient (Wildman–Crippen LogP) is 1.02. The van der Waals surface area contributed by atoms with Crippen LogP contribution in [-0.2, 0) is 4.74 Å². The van der Waals surface area contributed by atoms with E-state index in [9.17, 15) is 0 Å². The van der Waals surface area contributed by atoms with Crippen molar-refractivity contribution in [3.63, 3.8) is 0 Å². The Hall–Kier alpha value is -0.160. The number of aliphatic hydroxyl groups excluding tert-OH is 1. The molecule has 0 saturated carbocycles. The van der Waals surface area contributed by atoms with Crippen LogP contribution < -0.4 is 11.1 Å². The molecule has 3 unspecified atom stereocenters. The largest absolute Gasteiger partial charge is 0.396 e. The van der Waals surface area contributed by atoms with E-state index in [2.05, 4.69) is 19.2 Å². The van der Waals surface area contributed by atoms with Crippen LogP contribution in [0.5, 0.6) is 0 Å². The lowest BCUT2D eigenvalue weighted by Gasteiger charge is -2.43. The van der Waals surface area contributed by atoms with Gasteiger partial charge in [0, 0.05) is 31.3 Å². The van der Waals surface area contributed by atoms with Crippen molar-refractivity contribution in [3.05, 3.63) is 0 Å². The summed E-state index contributed by atoms with van der Waals surface area (Å²) in [5.41, 5.74) is 5.97. The van der Waals surface area contributed by atoms with Crippen molar-refractivity contribution in [2.75, 3.05) is 19.8 Å². The van der Waals surface area contributed by atoms with Crippen LogP contribution in [0.3, 0.4) is 0 Å². The monoisotopic (exact) mass is 244 g/mol. The van der Waals surface area contributed by atoms with Gasteiger partial charge < -0.3 is 20.9 Å². The first-order valence-corrected chi connectivity index (χ1v) is 6.86. The van der Waals surface area contributed by atoms with Crippen LogP contribution in [0.25, 0.3) is 0 Å². The summed E-state index contributed by atoms with van der Waals surface area (Å²) < 4.78 is 5.77. The Morgan fingerprint density at radius 2 is 2.35 bits per heavy atom. The molecule has 0 bridgehead atoms. The number of hydrogen-bond acceptors (Lipinski definition) is 4. The van der Waals surface area contributed by atoms with E-state index in [1.54, 1.807) is 0 Å². The van der Waals surface area contributed by atoms with Gasteiger partial charge in [-0.1, -0.05) is 13.3 Å². The zero-order valence-electron chi connectivity index (χ0n) is 11.2. The Labute approximate surface area is 105 Å². The number of rotatable bonds is 7. The van der Waals surface area contributed by atoms with Crippen LogP contribution >= 0.6 is 0 Å². The van der Waals surface area contributed by atoms with Crippen molar-refractivity contribution in [2.24, 2.45) is 5.73 Å². The highest BCUT2D eigenvalue weighted by Gasteiger charge is 2.36. The highest BCUT2D eigenvalue weighted by Crippen LogP contribution is 2.27. The maximum atomic E-state index is 8.96. The molecule has 0 aliphatic carbocycles. The third kappa shape index (κ3) is 4.54. The molecule has 4 N–H and O–H groups in total. The lowest BCUT2D eigenvalue weighted by atomic mass is 9.84. The average molecular weight is 244 g/mol. The van der Waals surface area contributed by atoms with Gasteiger partial charge in [0.25, 0.3) is 0 Å². The number of hydrogen-bond donors (Lipinski definition) is 3. The zero-order chi connectivity index (χ0) is 12.7. The lowest BCUT2D eigenvalue weighted by molar-refractivity contribution is -0.0336. The molecule has 0 aromatic rings. The number of ether oxygens (including phenoxy) is 1. The van der Waals surface area contributed by atoms with E-state index in [0.717, 1.165) is 38.7 Å². The Bertz CT molecular complexity index is 208. The molecule has 4 heteroatoms. The van der Waals surface area contributed by atoms with Crippen molar-refractivity contribution >= 4 is 0 Å². The second-order valence-electron chi connectivity index (χ2n) is 5.28. The molecule has 17 heavy (non-hydrogen) atoms. The lowest BCUT2D eigenvalue weighted by Crippen LogP contribution is -2.59. The minimum atomic E-state index is 0.00662. The summed E-state index contributed by atoms with van der Waals surface area (Å²) in [5.74, 6) is 0. The molecule has 1 rings (SSSR count). The third-order valence-electron chi connectivity index (χ3n) is 3.67. The first kappa shape index (κ1) is 14.9. The van der Waals surface area contributed by atoms with Gasteiger partial charge >= 0.3 is 0 Å². The van der Waals surface area contributed by atoms with Gasteiger partial charge in [0.15, 0.2) is 0 Å². The topological polar surface area (TPSA) is 67.5 Å². The van der Waals surface area contributed by atoms with Gasteiger partial charge in [0.1, 0.15) is 0 Å². The van der Waals surface area contributed by atoms with Crippen molar-refractivity contribution < 1.29 is 9.84 Å². The molecule has 0 aromatic carbocycles. The van der Waals surface area contributed by atoms with E-state index in [1.165, 1.54) is 0 Å². The maximum absolute atomic E-state index is 8.96. The molecule has 1 aliphatic rings. The summed E-state index contributed by atoms with van der Waals surface area (Å²) in [4.78, 5) is 0. The summed E-state index contributed by atoms with van der Waals surface area (Å²) in [6.45, 7) is 5.96. The van der Waals surface area contributed by atoms with Crippen molar-refractivity contribution in [3.8, 4) is 0 Å². The van der Waals surface area contributed by atoms with E-state index in [0.29, 0.717) is 18.7 Å². The van der Waals surface area contributed by atoms with Gasteiger partial charge in [-0.2, -0.15) is 0 Å². The van der Waals surface area contributed by atoms with Crippen LogP contribution in [0.2, 0.25) is 0 Å². The van der Waals surface area contributed by atoms with E-state index < -0.39 is 0 Å². The highest BCUT2D eigenvalue weighted by atomic mass is 16.5. The molecule has 1 heterocycles. The molecule has 1 fully saturated rings. The molecule has 0 amide bonds. The first-order valence-electron chi connectivity index (χ1n) is 6.86. The van der Waals surface area contributed by atoms with Crippen LogP contribution in [0, 0.1) is 0 Å². The van der Waals surface area contributed by atoms with Crippen LogP contribution in [0.1, 0.15) is 46.0 Å². The Morgan fingerprint density at radius 1 is 1.59 bits per heavy atom. The standard InChI is InChI=1S/C13H28N2O2/c1-3-4-12-9-13(10-14,6-8-17-12)15-11(2)5-7-16/h11-12,15-16H,3-10,14H2,1-2H3. The zero-order valence-corrected chi connectivity index (χ0v) is 11.2. The molecular formula is C13H28N2O2. The smallest absolute Gasteiger partial charge is 0.0593 e. The fourth-order valence-electron chi connectivity index (χ4n) is 2.69. The van der Waals surface area contributed by atoms with Gasteiger partial charge in [0.2, 0.25) is 0 Å². The van der Waals surface area contributed by atoms with Crippen molar-refractivity contribution in [1.82, 2.24) is 5.32 Å². The van der Waals surface area contributed by atoms with Crippen LogP contribution in [0.15, 0.2) is 0 Å². The van der Waals surface area contributed by atoms with Crippen molar-refractivity contribution in [1.29, 1.82) is 0 Å². The second kappa shape index (κ2) is 7.31. The highest BCUT2D eigenvalue weighted by molar-refractivity contribution is 4.95. The predicted molar refractivity (Wildman–Crippen MR) is 70.0 cm³/mol. The molecule has 1 saturated heterocycles. The van der Waals surface area contributed by atoms with Crippen LogP contribution in [0.4, 0.5) is 0 Å². The minimum Gasteiger partial charge on any atom is -0.396 e. The van der Waals surface area contributed by atoms with Gasteiger partial charge in [-0.3, -0.25) is 0 Å². The Morgan fingerprint density at radius 3 is 2.94 bits per heavy atom. The van der Waals surface area contributed by atoms with Gasteiger partial charge in [-0.15, -0.1) is 0 Å². The summed E-state index contributed by atoms with van der Waals surface area (Å²) in [6.07, 6.45) is 5.34. The normalized spacial score (nSPS) is 31.4. The van der Waals surface area contributed by atoms with E-state index in [4.69, 9.17) is 15.6 Å². The fraction of sp³-hybridized carbons (Fsp3) is 1.00. The molecular weight excluding hydrogens is 216 g/mol. The van der Waals surface area contributed by atoms with E-state index >= 15 is 0 Å². The summed E-state index contributed by atoms with van der Waals surface area (Å²) in [6, 6.07) is 0.309. The average Bonchev–Trinajstić information content (AvgIpc) is 2.30. The molecule has 102 valence electrons. The molecule has 0 spiro atoms. The maximum Gasteiger partial charge on any atom is 0.0593 e. The van der Waals surface area contributed by atoms with Crippen molar-refractivity contribution in [2.45, 2.75) is 63.6 Å². The Kier molecular flexibility index (Phi) is 6.41. The molecule has 0 aromatic heterocycles. The van der Waals surface area contributed by atoms with E-state index in [1.807, 2.05) is 0 Å². The number of aliphatic hydroxyl groups is 1. The molecule has 0 radical (unpaired) electrons. The SMILES string of the molecule is CCCC1CC(CN)(NC(C)CCO)CCO1. The quantitative estimate of drug-likeness (QED) is 0.625. The second-order valence-corrected chi connectivity index (χ2v) is 5.28. The molecule has 4 nitrogen and oxygen atoms in total. The van der Waals surface area contributed by atoms with Crippen LogP contribution in [-0.4, -0.2) is 42.5 Å². The number of nitrogens with two attached hydrogens (primary N) is 1. The molecule has 3 atom stereocenters. The van der Waals surface area contributed by atoms with E-state index in [-0.39, 0.29) is 12.1 Å². The number of nitrogens with one attached hydrogen (secondary N) is 1. The van der Waals surface area contributed by atoms with Gasteiger partial charge in [-0.05, 0) is 32.6 Å². The summed E-state index contributed by atoms with van der Waals surface area (Å²) >= 11 is 0. The van der Waals surface area contributed by atoms with Gasteiger partial charge in [0.05, 0.1) is 6.10 Å². The summed E-state index contributed by atoms with van der Waals surface area (Å²) in [5, 5.41) is 12.6. The summed E-state index contributed by atoms with van der Waals surface area (Å²) in [7, 11) is 0. The van der Waals surface area contributed by atoms with Gasteiger partial charge in [-0.25, -0.2) is 0 Å². The third-order valence-corrected chi connectivity index (χ3v) is 3.67. The minimum absolute atomic E-state index is 0.00662. The Balaban J connectivity index is 2.54. The molecule has 1 aliphatic heterocycles. The first-order chi connectivity index (χ1) is 8.15. The fourth-order valence-corrected chi connectivity index (χ4v) is 2.69.